The van der Waals surface area contributed by atoms with Crippen LogP contribution in [0.15, 0.2) is 18.2 Å². The zero-order valence-corrected chi connectivity index (χ0v) is 11.6. The summed E-state index contributed by atoms with van der Waals surface area (Å²) in [4.78, 5) is 11.1. The van der Waals surface area contributed by atoms with Gasteiger partial charge >= 0.3 is 0 Å². The lowest BCUT2D eigenvalue weighted by molar-refractivity contribution is 0.100. The summed E-state index contributed by atoms with van der Waals surface area (Å²) in [6, 6.07) is 4.15. The number of carbonyl (C=O) groups is 1. The molecule has 18 heavy (non-hydrogen) atoms. The third-order valence-corrected chi connectivity index (χ3v) is 4.02. The molecule has 1 amide bonds. The minimum Gasteiger partial charge on any atom is -0.366 e. The molecule has 1 rings (SSSR count). The Balaban J connectivity index is 2.92. The SMILES string of the molecule is NC(=O)c1cc(NS(=O)(=O)CCCCl)ccc1Cl. The molecule has 1 aromatic rings. The molecule has 0 radical (unpaired) electrons. The molecule has 0 unspecified atom stereocenters. The number of hydrogen-bond acceptors (Lipinski definition) is 3. The van der Waals surface area contributed by atoms with Crippen LogP contribution in [0.3, 0.4) is 0 Å². The highest BCUT2D eigenvalue weighted by atomic mass is 35.5. The zero-order valence-electron chi connectivity index (χ0n) is 9.32. The summed E-state index contributed by atoms with van der Waals surface area (Å²) in [5.74, 6) is -0.555. The van der Waals surface area contributed by atoms with Crippen LogP contribution in [-0.4, -0.2) is 26.0 Å². The van der Waals surface area contributed by atoms with Crippen molar-refractivity contribution in [1.29, 1.82) is 0 Å². The molecule has 0 spiro atoms. The molecule has 0 atom stereocenters. The van der Waals surface area contributed by atoms with Gasteiger partial charge in [0.2, 0.25) is 15.9 Å². The van der Waals surface area contributed by atoms with E-state index in [0.717, 1.165) is 0 Å². The monoisotopic (exact) mass is 310 g/mol. The van der Waals surface area contributed by atoms with Crippen LogP contribution in [0.1, 0.15) is 16.8 Å². The molecule has 100 valence electrons. The van der Waals surface area contributed by atoms with E-state index in [1.54, 1.807) is 0 Å². The smallest absolute Gasteiger partial charge is 0.250 e. The molecule has 0 aromatic heterocycles. The Kier molecular flexibility index (Phi) is 5.25. The second kappa shape index (κ2) is 6.26. The van der Waals surface area contributed by atoms with Crippen LogP contribution in [-0.2, 0) is 10.0 Å². The number of primary amides is 1. The second-order valence-corrected chi connectivity index (χ2v) is 6.15. The normalized spacial score (nSPS) is 11.2. The highest BCUT2D eigenvalue weighted by Crippen LogP contribution is 2.21. The summed E-state index contributed by atoms with van der Waals surface area (Å²) in [6.07, 6.45) is 0.340. The third kappa shape index (κ3) is 4.36. The lowest BCUT2D eigenvalue weighted by Crippen LogP contribution is -2.18. The van der Waals surface area contributed by atoms with Crippen molar-refractivity contribution in [3.63, 3.8) is 0 Å². The van der Waals surface area contributed by atoms with Crippen LogP contribution in [0.5, 0.6) is 0 Å². The fraction of sp³-hybridized carbons (Fsp3) is 0.300. The van der Waals surface area contributed by atoms with Crippen LogP contribution in [0.2, 0.25) is 5.02 Å². The highest BCUT2D eigenvalue weighted by Gasteiger charge is 2.12. The quantitative estimate of drug-likeness (QED) is 0.785. The summed E-state index contributed by atoms with van der Waals surface area (Å²) >= 11 is 11.2. The van der Waals surface area contributed by atoms with Crippen molar-refractivity contribution >= 4 is 44.8 Å². The summed E-state index contributed by atoms with van der Waals surface area (Å²) in [5.41, 5.74) is 5.41. The number of nitrogens with one attached hydrogen (secondary N) is 1. The number of alkyl halides is 1. The van der Waals surface area contributed by atoms with Gasteiger partial charge in [0.1, 0.15) is 0 Å². The number of halogens is 2. The van der Waals surface area contributed by atoms with Gasteiger partial charge in [-0.15, -0.1) is 11.6 Å². The van der Waals surface area contributed by atoms with Gasteiger partial charge in [-0.25, -0.2) is 8.42 Å². The van der Waals surface area contributed by atoms with Gasteiger partial charge in [-0.05, 0) is 24.6 Å². The molecule has 0 aliphatic heterocycles. The number of hydrogen-bond donors (Lipinski definition) is 2. The standard InChI is InChI=1S/C10H12Cl2N2O3S/c11-4-1-5-18(16,17)14-7-2-3-9(12)8(6-7)10(13)15/h2-3,6,14H,1,4-5H2,(H2,13,15). The molecule has 0 saturated heterocycles. The molecule has 0 fully saturated rings. The number of nitrogens with two attached hydrogens (primary N) is 1. The fourth-order valence-corrected chi connectivity index (χ4v) is 2.87. The first-order chi connectivity index (χ1) is 8.35. The molecule has 3 N–H and O–H groups in total. The summed E-state index contributed by atoms with van der Waals surface area (Å²) < 4.78 is 25.5. The van der Waals surface area contributed by atoms with Gasteiger partial charge in [0.05, 0.1) is 16.3 Å². The number of benzene rings is 1. The van der Waals surface area contributed by atoms with Gasteiger partial charge in [-0.1, -0.05) is 11.6 Å². The Bertz CT molecular complexity index is 546. The van der Waals surface area contributed by atoms with Crippen molar-refractivity contribution in [2.24, 2.45) is 5.73 Å². The van der Waals surface area contributed by atoms with Crippen LogP contribution in [0.4, 0.5) is 5.69 Å². The summed E-state index contributed by atoms with van der Waals surface area (Å²) in [6.45, 7) is 0. The number of amides is 1. The molecular weight excluding hydrogens is 299 g/mol. The van der Waals surface area contributed by atoms with Crippen molar-refractivity contribution in [3.05, 3.63) is 28.8 Å². The first kappa shape index (κ1) is 15.1. The van der Waals surface area contributed by atoms with Gasteiger partial charge in [0, 0.05) is 11.6 Å². The minimum atomic E-state index is -3.48. The molecule has 0 aliphatic rings. The lowest BCUT2D eigenvalue weighted by atomic mass is 10.2. The largest absolute Gasteiger partial charge is 0.366 e. The third-order valence-electron chi connectivity index (χ3n) is 2.05. The molecule has 0 bridgehead atoms. The Hall–Kier alpha value is -0.980. The van der Waals surface area contributed by atoms with E-state index in [1.165, 1.54) is 18.2 Å². The fourth-order valence-electron chi connectivity index (χ4n) is 1.25. The van der Waals surface area contributed by atoms with E-state index in [-0.39, 0.29) is 27.9 Å². The van der Waals surface area contributed by atoms with Crippen LogP contribution in [0, 0.1) is 0 Å². The zero-order chi connectivity index (χ0) is 13.8. The van der Waals surface area contributed by atoms with Crippen molar-refractivity contribution in [2.75, 3.05) is 16.4 Å². The van der Waals surface area contributed by atoms with E-state index in [9.17, 15) is 13.2 Å². The molecule has 0 heterocycles. The number of sulfonamides is 1. The van der Waals surface area contributed by atoms with E-state index >= 15 is 0 Å². The molecule has 1 aromatic carbocycles. The second-order valence-electron chi connectivity index (χ2n) is 3.52. The van der Waals surface area contributed by atoms with Gasteiger partial charge in [0.25, 0.3) is 0 Å². The number of rotatable bonds is 6. The average molecular weight is 311 g/mol. The van der Waals surface area contributed by atoms with Crippen molar-refractivity contribution < 1.29 is 13.2 Å². The van der Waals surface area contributed by atoms with Crippen molar-refractivity contribution in [2.45, 2.75) is 6.42 Å². The Morgan fingerprint density at radius 1 is 1.39 bits per heavy atom. The van der Waals surface area contributed by atoms with Crippen LogP contribution >= 0.6 is 23.2 Å². The first-order valence-corrected chi connectivity index (χ1v) is 7.58. The summed E-state index contributed by atoms with van der Waals surface area (Å²) in [5, 5.41) is 0.172. The average Bonchev–Trinajstić information content (AvgIpc) is 2.28. The van der Waals surface area contributed by atoms with E-state index in [4.69, 9.17) is 28.9 Å². The first-order valence-electron chi connectivity index (χ1n) is 5.01. The maximum atomic E-state index is 11.6. The number of anilines is 1. The lowest BCUT2D eigenvalue weighted by Gasteiger charge is -2.09. The van der Waals surface area contributed by atoms with Crippen LogP contribution in [0.25, 0.3) is 0 Å². The van der Waals surface area contributed by atoms with Crippen LogP contribution < -0.4 is 10.5 Å². The molecule has 5 nitrogen and oxygen atoms in total. The maximum absolute atomic E-state index is 11.6. The predicted molar refractivity (Wildman–Crippen MR) is 72.7 cm³/mol. The van der Waals surface area contributed by atoms with Crippen molar-refractivity contribution in [3.8, 4) is 0 Å². The van der Waals surface area contributed by atoms with E-state index in [0.29, 0.717) is 6.42 Å². The Morgan fingerprint density at radius 2 is 2.06 bits per heavy atom. The van der Waals surface area contributed by atoms with Gasteiger partial charge in [-0.2, -0.15) is 0 Å². The number of carbonyl (C=O) groups excluding carboxylic acids is 1. The Labute approximate surface area is 115 Å². The molecule has 8 heteroatoms. The van der Waals surface area contributed by atoms with Gasteiger partial charge < -0.3 is 5.73 Å². The summed E-state index contributed by atoms with van der Waals surface area (Å²) in [7, 11) is -3.48. The molecule has 0 saturated carbocycles. The van der Waals surface area contributed by atoms with E-state index in [1.807, 2.05) is 0 Å². The highest BCUT2D eigenvalue weighted by molar-refractivity contribution is 7.92. The van der Waals surface area contributed by atoms with Crippen molar-refractivity contribution in [1.82, 2.24) is 0 Å². The molecule has 0 aliphatic carbocycles. The van der Waals surface area contributed by atoms with Gasteiger partial charge in [-0.3, -0.25) is 9.52 Å². The van der Waals surface area contributed by atoms with E-state index < -0.39 is 15.9 Å². The Morgan fingerprint density at radius 3 is 2.61 bits per heavy atom. The maximum Gasteiger partial charge on any atom is 0.250 e. The van der Waals surface area contributed by atoms with E-state index in [2.05, 4.69) is 4.72 Å². The predicted octanol–water partition coefficient (Wildman–Crippen LogP) is 1.81. The topological polar surface area (TPSA) is 89.3 Å². The molecular formula is C10H12Cl2N2O3S. The van der Waals surface area contributed by atoms with Gasteiger partial charge in [0.15, 0.2) is 0 Å². The minimum absolute atomic E-state index is 0.0641.